The van der Waals surface area contributed by atoms with Crippen molar-refractivity contribution in [3.8, 4) is 5.75 Å². The fraction of sp³-hybridized carbons (Fsp3) is 0.650. The van der Waals surface area contributed by atoms with Gasteiger partial charge in [0.05, 0.1) is 6.61 Å². The Kier molecular flexibility index (Phi) is 6.31. The van der Waals surface area contributed by atoms with Gasteiger partial charge in [-0.2, -0.15) is 0 Å². The van der Waals surface area contributed by atoms with Crippen LogP contribution < -0.4 is 4.74 Å². The summed E-state index contributed by atoms with van der Waals surface area (Å²) in [7, 11) is 0. The Labute approximate surface area is 132 Å². The largest absolute Gasteiger partial charge is 0.493 e. The molecule has 1 rings (SSSR count). The van der Waals surface area contributed by atoms with Gasteiger partial charge in [0, 0.05) is 0 Å². The average Bonchev–Trinajstić information content (AvgIpc) is 2.47. The van der Waals surface area contributed by atoms with Crippen LogP contribution in [0.2, 0.25) is 0 Å². The van der Waals surface area contributed by atoms with E-state index in [4.69, 9.17) is 4.74 Å². The minimum Gasteiger partial charge on any atom is -0.493 e. The lowest BCUT2D eigenvalue weighted by Crippen LogP contribution is -2.20. The maximum atomic E-state index is 6.11. The minimum atomic E-state index is 0.148. The van der Waals surface area contributed by atoms with Gasteiger partial charge in [-0.25, -0.2) is 0 Å². The highest BCUT2D eigenvalue weighted by molar-refractivity contribution is 5.44. The van der Waals surface area contributed by atoms with Crippen molar-refractivity contribution in [1.82, 2.24) is 0 Å². The molecule has 0 unspecified atom stereocenters. The summed E-state index contributed by atoms with van der Waals surface area (Å²) in [6.45, 7) is 18.3. The topological polar surface area (TPSA) is 9.23 Å². The van der Waals surface area contributed by atoms with Gasteiger partial charge in [-0.15, -0.1) is 0 Å². The Morgan fingerprint density at radius 3 is 2.14 bits per heavy atom. The van der Waals surface area contributed by atoms with E-state index in [9.17, 15) is 0 Å². The van der Waals surface area contributed by atoms with Gasteiger partial charge in [-0.1, -0.05) is 67.0 Å². The summed E-state index contributed by atoms with van der Waals surface area (Å²) in [5.74, 6) is 1.06. The molecule has 0 saturated heterocycles. The van der Waals surface area contributed by atoms with E-state index >= 15 is 0 Å². The van der Waals surface area contributed by atoms with Crippen molar-refractivity contribution < 1.29 is 4.74 Å². The third-order valence-corrected chi connectivity index (χ3v) is 4.91. The van der Waals surface area contributed by atoms with Gasteiger partial charge in [0.2, 0.25) is 0 Å². The maximum Gasteiger partial charge on any atom is 0.123 e. The number of unbranched alkanes of at least 4 members (excludes halogenated alkanes) is 1. The van der Waals surface area contributed by atoms with Crippen LogP contribution in [0.4, 0.5) is 0 Å². The molecule has 21 heavy (non-hydrogen) atoms. The molecular weight excluding hydrogens is 256 g/mol. The molecule has 0 aliphatic carbocycles. The molecule has 0 fully saturated rings. The summed E-state index contributed by atoms with van der Waals surface area (Å²) < 4.78 is 6.11. The molecule has 0 aromatic heterocycles. The summed E-state index contributed by atoms with van der Waals surface area (Å²) in [4.78, 5) is 0. The fourth-order valence-electron chi connectivity index (χ4n) is 2.30. The lowest BCUT2D eigenvalue weighted by atomic mass is 9.77. The fourth-order valence-corrected chi connectivity index (χ4v) is 2.30. The Morgan fingerprint density at radius 2 is 1.62 bits per heavy atom. The lowest BCUT2D eigenvalue weighted by molar-refractivity contribution is 0.300. The Balaban J connectivity index is 3.20. The van der Waals surface area contributed by atoms with Crippen molar-refractivity contribution in [2.75, 3.05) is 6.61 Å². The predicted octanol–water partition coefficient (Wildman–Crippen LogP) is 6.05. The van der Waals surface area contributed by atoms with Crippen LogP contribution in [0.25, 0.3) is 0 Å². The minimum absolute atomic E-state index is 0.148. The van der Waals surface area contributed by atoms with Crippen LogP contribution in [0.3, 0.4) is 0 Å². The van der Waals surface area contributed by atoms with Crippen LogP contribution in [0.1, 0.15) is 78.4 Å². The molecule has 1 radical (unpaired) electrons. The van der Waals surface area contributed by atoms with Crippen LogP contribution in [-0.2, 0) is 10.8 Å². The Hall–Kier alpha value is -0.980. The van der Waals surface area contributed by atoms with Crippen molar-refractivity contribution in [3.05, 3.63) is 36.2 Å². The third-order valence-electron chi connectivity index (χ3n) is 4.91. The predicted molar refractivity (Wildman–Crippen MR) is 93.2 cm³/mol. The number of rotatable bonds is 8. The van der Waals surface area contributed by atoms with E-state index in [0.717, 1.165) is 38.0 Å². The van der Waals surface area contributed by atoms with Crippen LogP contribution in [-0.4, -0.2) is 6.61 Å². The van der Waals surface area contributed by atoms with Crippen molar-refractivity contribution in [3.63, 3.8) is 0 Å². The highest BCUT2D eigenvalue weighted by Crippen LogP contribution is 2.38. The maximum absolute atomic E-state index is 6.11. The summed E-state index contributed by atoms with van der Waals surface area (Å²) in [6, 6.07) is 6.82. The van der Waals surface area contributed by atoms with Crippen LogP contribution in [0.5, 0.6) is 5.75 Å². The van der Waals surface area contributed by atoms with Crippen molar-refractivity contribution in [2.24, 2.45) is 0 Å². The van der Waals surface area contributed by atoms with E-state index in [1.165, 1.54) is 11.1 Å². The van der Waals surface area contributed by atoms with E-state index in [2.05, 4.69) is 66.7 Å². The first-order chi connectivity index (χ1) is 9.78. The second kappa shape index (κ2) is 7.33. The monoisotopic (exact) mass is 289 g/mol. The highest BCUT2D eigenvalue weighted by Gasteiger charge is 2.25. The van der Waals surface area contributed by atoms with E-state index in [1.54, 1.807) is 0 Å². The second-order valence-corrected chi connectivity index (χ2v) is 7.24. The zero-order chi connectivity index (χ0) is 16.1. The second-order valence-electron chi connectivity index (χ2n) is 7.24. The van der Waals surface area contributed by atoms with Crippen molar-refractivity contribution >= 4 is 0 Å². The number of hydrogen-bond acceptors (Lipinski definition) is 1. The Morgan fingerprint density at radius 1 is 1.00 bits per heavy atom. The van der Waals surface area contributed by atoms with Crippen LogP contribution >= 0.6 is 0 Å². The van der Waals surface area contributed by atoms with Gasteiger partial charge in [-0.05, 0) is 47.3 Å². The van der Waals surface area contributed by atoms with E-state index in [-0.39, 0.29) is 10.8 Å². The third kappa shape index (κ3) is 4.49. The SMILES string of the molecule is [CH2]CCCOc1cc(C(C)(C)CC)ccc1C(C)(C)CC. The smallest absolute Gasteiger partial charge is 0.123 e. The molecule has 0 N–H and O–H groups in total. The summed E-state index contributed by atoms with van der Waals surface area (Å²) >= 11 is 0. The molecule has 0 bridgehead atoms. The van der Waals surface area contributed by atoms with Crippen molar-refractivity contribution in [2.45, 2.75) is 78.1 Å². The quantitative estimate of drug-likeness (QED) is 0.529. The number of ether oxygens (including phenoxy) is 1. The van der Waals surface area contributed by atoms with E-state index < -0.39 is 0 Å². The first kappa shape index (κ1) is 18.1. The lowest BCUT2D eigenvalue weighted by Gasteiger charge is -2.29. The number of benzene rings is 1. The summed E-state index contributed by atoms with van der Waals surface area (Å²) in [5, 5.41) is 0. The molecule has 0 atom stereocenters. The summed E-state index contributed by atoms with van der Waals surface area (Å²) in [5.41, 5.74) is 3.03. The average molecular weight is 289 g/mol. The summed E-state index contributed by atoms with van der Waals surface area (Å²) in [6.07, 6.45) is 4.16. The van der Waals surface area contributed by atoms with Gasteiger partial charge < -0.3 is 4.74 Å². The molecule has 0 spiro atoms. The molecule has 0 saturated carbocycles. The molecular formula is C20H33O. The van der Waals surface area contributed by atoms with Gasteiger partial charge in [-0.3, -0.25) is 0 Å². The molecule has 1 aromatic rings. The van der Waals surface area contributed by atoms with Gasteiger partial charge in [0.1, 0.15) is 5.75 Å². The molecule has 1 aromatic carbocycles. The van der Waals surface area contributed by atoms with Gasteiger partial charge in [0.25, 0.3) is 0 Å². The number of hydrogen-bond donors (Lipinski definition) is 0. The zero-order valence-electron chi connectivity index (χ0n) is 14.9. The van der Waals surface area contributed by atoms with Crippen molar-refractivity contribution in [1.29, 1.82) is 0 Å². The highest BCUT2D eigenvalue weighted by atomic mass is 16.5. The van der Waals surface area contributed by atoms with E-state index in [1.807, 2.05) is 0 Å². The standard InChI is InChI=1S/C20H33O/c1-8-11-14-21-18-15-16(19(4,5)9-2)12-13-17(18)20(6,7)10-3/h12-13,15H,1,8-11,14H2,2-7H3. The Bertz CT molecular complexity index is 443. The zero-order valence-corrected chi connectivity index (χ0v) is 14.9. The molecule has 0 aliphatic heterocycles. The van der Waals surface area contributed by atoms with Crippen LogP contribution in [0.15, 0.2) is 18.2 Å². The molecule has 0 aliphatic rings. The molecule has 1 heteroatoms. The normalized spacial score (nSPS) is 12.5. The van der Waals surface area contributed by atoms with Gasteiger partial charge >= 0.3 is 0 Å². The van der Waals surface area contributed by atoms with Crippen LogP contribution in [0, 0.1) is 6.92 Å². The van der Waals surface area contributed by atoms with Gasteiger partial charge in [0.15, 0.2) is 0 Å². The van der Waals surface area contributed by atoms with E-state index in [0.29, 0.717) is 0 Å². The first-order valence-electron chi connectivity index (χ1n) is 8.35. The first-order valence-corrected chi connectivity index (χ1v) is 8.35. The molecule has 1 nitrogen and oxygen atoms in total. The molecule has 119 valence electrons. The molecule has 0 amide bonds. The molecule has 0 heterocycles.